The second-order valence-corrected chi connectivity index (χ2v) is 12.3. The predicted molar refractivity (Wildman–Crippen MR) is 164 cm³/mol. The summed E-state index contributed by atoms with van der Waals surface area (Å²) in [7, 11) is 0. The van der Waals surface area contributed by atoms with E-state index in [1.807, 2.05) is 36.5 Å². The number of carbonyl (C=O) groups is 1. The van der Waals surface area contributed by atoms with Gasteiger partial charge in [-0.05, 0) is 72.2 Å². The van der Waals surface area contributed by atoms with Gasteiger partial charge in [-0.25, -0.2) is 9.78 Å². The zero-order valence-corrected chi connectivity index (χ0v) is 24.2. The van der Waals surface area contributed by atoms with Crippen LogP contribution in [0.1, 0.15) is 49.0 Å². The van der Waals surface area contributed by atoms with E-state index in [0.29, 0.717) is 17.2 Å². The third kappa shape index (κ3) is 6.11. The molecule has 6 rings (SSSR count). The molecule has 0 amide bonds. The summed E-state index contributed by atoms with van der Waals surface area (Å²) in [6.07, 6.45) is 6.84. The van der Waals surface area contributed by atoms with Crippen LogP contribution in [0.15, 0.2) is 72.6 Å². The number of fused-ring (bicyclic) bond motifs is 1. The maximum atomic E-state index is 12.1. The van der Waals surface area contributed by atoms with Crippen LogP contribution in [0.5, 0.6) is 11.5 Å². The minimum absolute atomic E-state index is 0.279. The zero-order valence-electron chi connectivity index (χ0n) is 23.5. The number of halogens is 1. The zero-order chi connectivity index (χ0) is 28.6. The number of nitrogens with zero attached hydrogens (tertiary/aromatic N) is 3. The van der Waals surface area contributed by atoms with Crippen molar-refractivity contribution in [3.05, 3.63) is 88.7 Å². The Hall–Kier alpha value is -3.81. The third-order valence-corrected chi connectivity index (χ3v) is 8.57. The number of allylic oxidation sites excluding steroid dienone is 1. The molecule has 8 heteroatoms. The largest absolute Gasteiger partial charge is 0.478 e. The molecule has 2 aliphatic rings. The van der Waals surface area contributed by atoms with E-state index in [1.165, 1.54) is 23.1 Å². The number of anilines is 1. The molecule has 1 aliphatic heterocycles. The summed E-state index contributed by atoms with van der Waals surface area (Å²) in [4.78, 5) is 24.2. The number of carboxylic acid groups (broad SMARTS) is 1. The highest BCUT2D eigenvalue weighted by molar-refractivity contribution is 6.30. The standard InChI is InChI=1S/C33H35ClN4O3/c1-33(2)11-9-24(29(19-33)22-3-5-25(34)6-4-22)21-37-13-15-38(16-14-37)30-18-26(7-8-28(30)32(39)40)41-27-17-23-10-12-35-31(23)36-20-27/h3-8,10,12,17-18,20H,9,11,13-16,19,21H2,1-2H3,(H,35,36)(H,39,40). The van der Waals surface area contributed by atoms with Crippen LogP contribution < -0.4 is 9.64 Å². The summed E-state index contributed by atoms with van der Waals surface area (Å²) in [5.41, 5.74) is 6.27. The molecule has 0 unspecified atom stereocenters. The molecule has 4 aromatic rings. The molecule has 0 saturated carbocycles. The molecule has 0 radical (unpaired) electrons. The lowest BCUT2D eigenvalue weighted by atomic mass is 9.72. The van der Waals surface area contributed by atoms with E-state index < -0.39 is 5.97 Å². The fourth-order valence-electron chi connectivity index (χ4n) is 6.01. The van der Waals surface area contributed by atoms with Gasteiger partial charge in [0, 0.05) is 55.4 Å². The van der Waals surface area contributed by atoms with Gasteiger partial charge in [-0.1, -0.05) is 43.2 Å². The second-order valence-electron chi connectivity index (χ2n) is 11.9. The van der Waals surface area contributed by atoms with Crippen LogP contribution in [-0.4, -0.2) is 58.7 Å². The van der Waals surface area contributed by atoms with E-state index in [1.54, 1.807) is 18.3 Å². The first-order chi connectivity index (χ1) is 19.7. The van der Waals surface area contributed by atoms with Crippen molar-refractivity contribution in [1.82, 2.24) is 14.9 Å². The number of pyridine rings is 1. The lowest BCUT2D eigenvalue weighted by Gasteiger charge is -2.39. The van der Waals surface area contributed by atoms with Crippen LogP contribution in [0.4, 0.5) is 5.69 Å². The Kier molecular flexibility index (Phi) is 7.49. The number of hydrogen-bond donors (Lipinski definition) is 2. The minimum Gasteiger partial charge on any atom is -0.478 e. The summed E-state index contributed by atoms with van der Waals surface area (Å²) in [6, 6.07) is 17.3. The van der Waals surface area contributed by atoms with E-state index in [2.05, 4.69) is 45.7 Å². The van der Waals surface area contributed by atoms with Crippen molar-refractivity contribution in [2.45, 2.75) is 33.1 Å². The number of hydrogen-bond acceptors (Lipinski definition) is 5. The quantitative estimate of drug-likeness (QED) is 0.239. The van der Waals surface area contributed by atoms with Crippen molar-refractivity contribution in [2.75, 3.05) is 37.6 Å². The molecule has 2 aromatic carbocycles. The van der Waals surface area contributed by atoms with Crippen LogP contribution in [0.2, 0.25) is 5.02 Å². The van der Waals surface area contributed by atoms with Crippen LogP contribution in [-0.2, 0) is 0 Å². The summed E-state index contributed by atoms with van der Waals surface area (Å²) in [5.74, 6) is 0.259. The molecular formula is C33H35ClN4O3. The highest BCUT2D eigenvalue weighted by Gasteiger charge is 2.30. The van der Waals surface area contributed by atoms with Crippen LogP contribution >= 0.6 is 11.6 Å². The highest BCUT2D eigenvalue weighted by atomic mass is 35.5. The number of ether oxygens (including phenoxy) is 1. The summed E-state index contributed by atoms with van der Waals surface area (Å²) < 4.78 is 6.10. The van der Waals surface area contributed by atoms with Gasteiger partial charge in [0.2, 0.25) is 0 Å². The Labute approximate surface area is 245 Å². The van der Waals surface area contributed by atoms with Crippen molar-refractivity contribution in [2.24, 2.45) is 5.41 Å². The molecule has 7 nitrogen and oxygen atoms in total. The maximum Gasteiger partial charge on any atom is 0.337 e. The Balaban J connectivity index is 1.18. The van der Waals surface area contributed by atoms with Gasteiger partial charge < -0.3 is 19.7 Å². The molecule has 0 spiro atoms. The van der Waals surface area contributed by atoms with Gasteiger partial charge >= 0.3 is 5.97 Å². The van der Waals surface area contributed by atoms with E-state index in [-0.39, 0.29) is 11.0 Å². The third-order valence-electron chi connectivity index (χ3n) is 8.32. The molecule has 3 heterocycles. The molecule has 2 N–H and O–H groups in total. The molecule has 0 bridgehead atoms. The number of aromatic amines is 1. The van der Waals surface area contributed by atoms with Gasteiger partial charge in [-0.3, -0.25) is 4.90 Å². The topological polar surface area (TPSA) is 81.7 Å². The molecule has 1 fully saturated rings. The average Bonchev–Trinajstić information content (AvgIpc) is 3.43. The Morgan fingerprint density at radius 3 is 2.59 bits per heavy atom. The summed E-state index contributed by atoms with van der Waals surface area (Å²) >= 11 is 6.18. The van der Waals surface area contributed by atoms with Crippen LogP contribution in [0.25, 0.3) is 16.6 Å². The van der Waals surface area contributed by atoms with Gasteiger partial charge in [0.1, 0.15) is 17.1 Å². The Bertz CT molecular complexity index is 1600. The molecule has 1 aliphatic carbocycles. The monoisotopic (exact) mass is 570 g/mol. The number of aromatic nitrogens is 2. The van der Waals surface area contributed by atoms with E-state index in [0.717, 1.165) is 61.6 Å². The molecule has 1 saturated heterocycles. The fourth-order valence-corrected chi connectivity index (χ4v) is 6.14. The number of piperazine rings is 1. The number of rotatable bonds is 7. The number of nitrogens with one attached hydrogen (secondary N) is 1. The molecule has 41 heavy (non-hydrogen) atoms. The predicted octanol–water partition coefficient (Wildman–Crippen LogP) is 7.49. The first-order valence-electron chi connectivity index (χ1n) is 14.2. The second kappa shape index (κ2) is 11.2. The first-order valence-corrected chi connectivity index (χ1v) is 14.5. The molecular weight excluding hydrogens is 536 g/mol. The molecule has 212 valence electrons. The number of aromatic carboxylic acids is 1. The molecule has 0 atom stereocenters. The van der Waals surface area contributed by atoms with Crippen molar-refractivity contribution in [3.63, 3.8) is 0 Å². The van der Waals surface area contributed by atoms with Crippen molar-refractivity contribution in [3.8, 4) is 11.5 Å². The number of H-pyrrole nitrogens is 1. The highest BCUT2D eigenvalue weighted by Crippen LogP contribution is 2.43. The molecule has 2 aromatic heterocycles. The SMILES string of the molecule is CC1(C)CCC(CN2CCN(c3cc(Oc4cnc5[nH]ccc5c4)ccc3C(=O)O)CC2)=C(c2ccc(Cl)cc2)C1. The lowest BCUT2D eigenvalue weighted by molar-refractivity contribution is 0.0697. The van der Waals surface area contributed by atoms with Gasteiger partial charge in [0.05, 0.1) is 17.4 Å². The van der Waals surface area contributed by atoms with Gasteiger partial charge in [0.15, 0.2) is 0 Å². The van der Waals surface area contributed by atoms with Crippen molar-refractivity contribution in [1.29, 1.82) is 0 Å². The van der Waals surface area contributed by atoms with Crippen LogP contribution in [0, 0.1) is 5.41 Å². The average molecular weight is 571 g/mol. The van der Waals surface area contributed by atoms with Gasteiger partial charge in [-0.2, -0.15) is 0 Å². The summed E-state index contributed by atoms with van der Waals surface area (Å²) in [5, 5.41) is 11.6. The van der Waals surface area contributed by atoms with E-state index in [4.69, 9.17) is 16.3 Å². The van der Waals surface area contributed by atoms with Crippen molar-refractivity contribution < 1.29 is 14.6 Å². The van der Waals surface area contributed by atoms with Crippen LogP contribution in [0.3, 0.4) is 0 Å². The number of carboxylic acids is 1. The smallest absolute Gasteiger partial charge is 0.337 e. The fraction of sp³-hybridized carbons (Fsp3) is 0.333. The Morgan fingerprint density at radius 1 is 1.05 bits per heavy atom. The first kappa shape index (κ1) is 27.4. The van der Waals surface area contributed by atoms with Crippen molar-refractivity contribution >= 4 is 39.9 Å². The summed E-state index contributed by atoms with van der Waals surface area (Å²) in [6.45, 7) is 8.85. The normalized spacial score (nSPS) is 17.7. The lowest BCUT2D eigenvalue weighted by Crippen LogP contribution is -2.47. The van der Waals surface area contributed by atoms with E-state index >= 15 is 0 Å². The van der Waals surface area contributed by atoms with Gasteiger partial charge in [0.25, 0.3) is 0 Å². The van der Waals surface area contributed by atoms with Gasteiger partial charge in [-0.15, -0.1) is 0 Å². The Morgan fingerprint density at radius 2 is 1.83 bits per heavy atom. The van der Waals surface area contributed by atoms with E-state index in [9.17, 15) is 9.90 Å². The maximum absolute atomic E-state index is 12.1. The minimum atomic E-state index is -0.938. The number of benzene rings is 2.